The summed E-state index contributed by atoms with van der Waals surface area (Å²) >= 11 is 0. The molecule has 1 heterocycles. The molecule has 1 aromatic carbocycles. The lowest BCUT2D eigenvalue weighted by Crippen LogP contribution is -2.50. The number of aliphatic imine (C=N–C) groups is 1. The molecule has 7 nitrogen and oxygen atoms in total. The smallest absolute Gasteiger partial charge is 0.191 e. The molecule has 30 heavy (non-hydrogen) atoms. The van der Waals surface area contributed by atoms with Crippen molar-refractivity contribution in [1.29, 1.82) is 0 Å². The van der Waals surface area contributed by atoms with Crippen LogP contribution < -0.4 is 15.4 Å². The van der Waals surface area contributed by atoms with Gasteiger partial charge >= 0.3 is 0 Å². The van der Waals surface area contributed by atoms with Gasteiger partial charge in [-0.2, -0.15) is 0 Å². The minimum atomic E-state index is 0. The second kappa shape index (κ2) is 14.1. The molecule has 0 aromatic heterocycles. The number of likely N-dealkylation sites (N-methyl/N-ethyl adjacent to an activating group) is 1. The molecule has 2 rings (SSSR count). The molecule has 0 bridgehead atoms. The Labute approximate surface area is 199 Å². The first kappa shape index (κ1) is 26.9. The number of guanidine groups is 1. The molecule has 0 aliphatic carbocycles. The Kier molecular flexibility index (Phi) is 12.6. The number of ether oxygens (including phenoxy) is 2. The molecule has 0 amide bonds. The minimum absolute atomic E-state index is 0. The maximum absolute atomic E-state index is 5.94. The van der Waals surface area contributed by atoms with E-state index in [1.807, 2.05) is 18.2 Å². The largest absolute Gasteiger partial charge is 0.496 e. The van der Waals surface area contributed by atoms with Gasteiger partial charge < -0.3 is 25.0 Å². The lowest BCUT2D eigenvalue weighted by molar-refractivity contribution is -0.0284. The van der Waals surface area contributed by atoms with Crippen LogP contribution in [0.3, 0.4) is 0 Å². The number of para-hydroxylation sites is 1. The highest BCUT2D eigenvalue weighted by Crippen LogP contribution is 2.27. The van der Waals surface area contributed by atoms with Crippen LogP contribution in [0.2, 0.25) is 0 Å². The summed E-state index contributed by atoms with van der Waals surface area (Å²) in [5.41, 5.74) is 1.16. The second-order valence-electron chi connectivity index (χ2n) is 8.20. The third-order valence-electron chi connectivity index (χ3n) is 5.15. The third kappa shape index (κ3) is 8.56. The zero-order valence-electron chi connectivity index (χ0n) is 19.4. The fourth-order valence-electron chi connectivity index (χ4n) is 3.72. The monoisotopic (exact) mass is 533 g/mol. The van der Waals surface area contributed by atoms with Crippen LogP contribution in [0.15, 0.2) is 29.3 Å². The van der Waals surface area contributed by atoms with E-state index in [0.717, 1.165) is 56.6 Å². The Hall–Kier alpha value is -1.10. The summed E-state index contributed by atoms with van der Waals surface area (Å²) in [6.07, 6.45) is 0.180. The van der Waals surface area contributed by atoms with Crippen LogP contribution in [0, 0.1) is 5.92 Å². The van der Waals surface area contributed by atoms with Gasteiger partial charge in [-0.3, -0.25) is 9.89 Å². The van der Waals surface area contributed by atoms with Crippen LogP contribution in [-0.2, 0) is 4.74 Å². The van der Waals surface area contributed by atoms with Crippen LogP contribution >= 0.6 is 24.0 Å². The summed E-state index contributed by atoms with van der Waals surface area (Å²) in [5, 5.41) is 6.88. The maximum atomic E-state index is 5.94. The zero-order valence-corrected chi connectivity index (χ0v) is 21.7. The summed E-state index contributed by atoms with van der Waals surface area (Å²) in [4.78, 5) is 9.06. The molecule has 0 spiro atoms. The van der Waals surface area contributed by atoms with Gasteiger partial charge in [0.1, 0.15) is 5.75 Å². The van der Waals surface area contributed by atoms with Crippen molar-refractivity contribution in [3.63, 3.8) is 0 Å². The number of benzene rings is 1. The standard InChI is InChI=1S/C22H39N5O2.HI/c1-17(2)15-27-11-12-29-18(16-27)13-24-22(23-3)25-14-20(26(4)5)19-9-7-8-10-21(19)28-6;/h7-10,17-18,20H,11-16H2,1-6H3,(H2,23,24,25);1H. The van der Waals surface area contributed by atoms with Crippen molar-refractivity contribution in [3.05, 3.63) is 29.8 Å². The van der Waals surface area contributed by atoms with E-state index < -0.39 is 0 Å². The Balaban J connectivity index is 0.00000450. The molecule has 1 aliphatic heterocycles. The third-order valence-corrected chi connectivity index (χ3v) is 5.15. The molecular formula is C22H40IN5O2. The molecule has 8 heteroatoms. The number of hydrogen-bond donors (Lipinski definition) is 2. The molecule has 1 aliphatic rings. The second-order valence-corrected chi connectivity index (χ2v) is 8.20. The number of rotatable bonds is 9. The summed E-state index contributed by atoms with van der Waals surface area (Å²) in [6, 6.07) is 8.32. The van der Waals surface area contributed by atoms with E-state index in [-0.39, 0.29) is 36.1 Å². The van der Waals surface area contributed by atoms with Crippen LogP contribution in [-0.4, -0.2) is 89.4 Å². The molecule has 2 N–H and O–H groups in total. The first-order valence-corrected chi connectivity index (χ1v) is 10.5. The predicted octanol–water partition coefficient (Wildman–Crippen LogP) is 2.44. The van der Waals surface area contributed by atoms with Gasteiger partial charge in [-0.05, 0) is 26.1 Å². The lowest BCUT2D eigenvalue weighted by atomic mass is 10.0. The lowest BCUT2D eigenvalue weighted by Gasteiger charge is -2.34. The van der Waals surface area contributed by atoms with Crippen molar-refractivity contribution in [2.75, 3.05) is 67.6 Å². The van der Waals surface area contributed by atoms with E-state index in [4.69, 9.17) is 9.47 Å². The first-order chi connectivity index (χ1) is 13.9. The molecule has 1 aromatic rings. The van der Waals surface area contributed by atoms with Gasteiger partial charge in [-0.25, -0.2) is 0 Å². The van der Waals surface area contributed by atoms with Gasteiger partial charge in [0.15, 0.2) is 5.96 Å². The Morgan fingerprint density at radius 3 is 2.67 bits per heavy atom. The average molecular weight is 533 g/mol. The van der Waals surface area contributed by atoms with E-state index >= 15 is 0 Å². The molecule has 1 fully saturated rings. The maximum Gasteiger partial charge on any atom is 0.191 e. The summed E-state index contributed by atoms with van der Waals surface area (Å²) in [7, 11) is 7.67. The topological polar surface area (TPSA) is 61.4 Å². The highest BCUT2D eigenvalue weighted by molar-refractivity contribution is 14.0. The first-order valence-electron chi connectivity index (χ1n) is 10.5. The molecule has 2 atom stereocenters. The van der Waals surface area contributed by atoms with E-state index in [2.05, 4.69) is 59.4 Å². The van der Waals surface area contributed by atoms with Crippen LogP contribution in [0.1, 0.15) is 25.5 Å². The van der Waals surface area contributed by atoms with Crippen molar-refractivity contribution >= 4 is 29.9 Å². The number of nitrogens with zero attached hydrogens (tertiary/aromatic N) is 3. The Morgan fingerprint density at radius 2 is 2.03 bits per heavy atom. The molecule has 2 unspecified atom stereocenters. The number of methoxy groups -OCH3 is 1. The summed E-state index contributed by atoms with van der Waals surface area (Å²) in [5.74, 6) is 2.36. The van der Waals surface area contributed by atoms with Crippen molar-refractivity contribution in [2.24, 2.45) is 10.9 Å². The van der Waals surface area contributed by atoms with Crippen molar-refractivity contribution in [2.45, 2.75) is 26.0 Å². The van der Waals surface area contributed by atoms with Crippen LogP contribution in [0.5, 0.6) is 5.75 Å². The summed E-state index contributed by atoms with van der Waals surface area (Å²) < 4.78 is 11.5. The predicted molar refractivity (Wildman–Crippen MR) is 135 cm³/mol. The van der Waals surface area contributed by atoms with E-state index in [1.54, 1.807) is 14.2 Å². The van der Waals surface area contributed by atoms with Gasteiger partial charge in [-0.15, -0.1) is 24.0 Å². The molecule has 1 saturated heterocycles. The Morgan fingerprint density at radius 1 is 1.30 bits per heavy atom. The fourth-order valence-corrected chi connectivity index (χ4v) is 3.72. The number of halogens is 1. The van der Waals surface area contributed by atoms with Gasteiger partial charge in [0.05, 0.1) is 25.9 Å². The highest BCUT2D eigenvalue weighted by atomic mass is 127. The van der Waals surface area contributed by atoms with Crippen molar-refractivity contribution in [3.8, 4) is 5.75 Å². The zero-order chi connectivity index (χ0) is 21.2. The fraction of sp³-hybridized carbons (Fsp3) is 0.682. The quantitative estimate of drug-likeness (QED) is 0.289. The van der Waals surface area contributed by atoms with Gasteiger partial charge in [0.2, 0.25) is 0 Å². The normalized spacial score (nSPS) is 18.8. The number of nitrogens with one attached hydrogen (secondary N) is 2. The van der Waals surface area contributed by atoms with Crippen LogP contribution in [0.4, 0.5) is 0 Å². The summed E-state index contributed by atoms with van der Waals surface area (Å²) in [6.45, 7) is 9.88. The molecule has 172 valence electrons. The highest BCUT2D eigenvalue weighted by Gasteiger charge is 2.22. The minimum Gasteiger partial charge on any atom is -0.496 e. The molecular weight excluding hydrogens is 493 g/mol. The average Bonchev–Trinajstić information content (AvgIpc) is 2.70. The number of morpholine rings is 1. The van der Waals surface area contributed by atoms with Gasteiger partial charge in [0, 0.05) is 45.3 Å². The Bertz CT molecular complexity index is 642. The van der Waals surface area contributed by atoms with Gasteiger partial charge in [-0.1, -0.05) is 32.0 Å². The van der Waals surface area contributed by atoms with Crippen LogP contribution in [0.25, 0.3) is 0 Å². The van der Waals surface area contributed by atoms with Gasteiger partial charge in [0.25, 0.3) is 0 Å². The van der Waals surface area contributed by atoms with Crippen molar-refractivity contribution < 1.29 is 9.47 Å². The van der Waals surface area contributed by atoms with E-state index in [9.17, 15) is 0 Å². The number of hydrogen-bond acceptors (Lipinski definition) is 5. The molecule has 0 radical (unpaired) electrons. The molecule has 0 saturated carbocycles. The SMILES string of the molecule is CN=C(NCC1CN(CC(C)C)CCO1)NCC(c1ccccc1OC)N(C)C.I. The van der Waals surface area contributed by atoms with E-state index in [0.29, 0.717) is 5.92 Å². The van der Waals surface area contributed by atoms with Crippen molar-refractivity contribution in [1.82, 2.24) is 20.4 Å². The van der Waals surface area contributed by atoms with E-state index in [1.165, 1.54) is 0 Å².